The Morgan fingerprint density at radius 3 is 2.95 bits per heavy atom. The lowest BCUT2D eigenvalue weighted by atomic mass is 10.2. The fourth-order valence-corrected chi connectivity index (χ4v) is 3.07. The van der Waals surface area contributed by atoms with Crippen LogP contribution < -0.4 is 10.6 Å². The lowest BCUT2D eigenvalue weighted by Gasteiger charge is -2.24. The molecule has 0 spiro atoms. The molecule has 0 aromatic carbocycles. The standard InChI is InChI=1S/C12H15Cl3N2O2S/c13-12(14,15)11(16-7-8-3-1-5-19-8)17-10(18)9-4-2-6-20-9/h2,4,6,8,11,16H,1,3,5,7H2,(H,17,18)/p+1/t8-,11-/m0/s1. The molecule has 0 aliphatic carbocycles. The largest absolute Gasteiger partial charge is 0.372 e. The maximum absolute atomic E-state index is 12.0. The fourth-order valence-electron chi connectivity index (χ4n) is 2.01. The number of hydrogen-bond acceptors (Lipinski definition) is 3. The van der Waals surface area contributed by atoms with Gasteiger partial charge in [0.1, 0.15) is 12.6 Å². The minimum Gasteiger partial charge on any atom is -0.372 e. The monoisotopic (exact) mass is 357 g/mol. The van der Waals surface area contributed by atoms with Gasteiger partial charge in [-0.3, -0.25) is 10.1 Å². The molecule has 3 N–H and O–H groups in total. The minimum absolute atomic E-state index is 0.156. The number of hydrogen-bond donors (Lipinski definition) is 2. The number of nitrogens with two attached hydrogens (primary N) is 1. The zero-order chi connectivity index (χ0) is 14.6. The predicted molar refractivity (Wildman–Crippen MR) is 81.6 cm³/mol. The summed E-state index contributed by atoms with van der Waals surface area (Å²) in [5.74, 6) is -0.236. The van der Waals surface area contributed by atoms with Crippen LogP contribution in [0.1, 0.15) is 22.5 Å². The van der Waals surface area contributed by atoms with Crippen LogP contribution in [0.3, 0.4) is 0 Å². The van der Waals surface area contributed by atoms with E-state index in [9.17, 15) is 4.79 Å². The van der Waals surface area contributed by atoms with E-state index in [2.05, 4.69) is 5.32 Å². The number of carbonyl (C=O) groups is 1. The van der Waals surface area contributed by atoms with Crippen molar-refractivity contribution in [3.63, 3.8) is 0 Å². The third-order valence-corrected chi connectivity index (χ3v) is 4.62. The molecule has 1 amide bonds. The Morgan fingerprint density at radius 2 is 2.40 bits per heavy atom. The predicted octanol–water partition coefficient (Wildman–Crippen LogP) is 1.92. The van der Waals surface area contributed by atoms with Gasteiger partial charge in [-0.05, 0) is 24.3 Å². The Bertz CT molecular complexity index is 430. The highest BCUT2D eigenvalue weighted by Gasteiger charge is 2.38. The molecule has 1 fully saturated rings. The highest BCUT2D eigenvalue weighted by molar-refractivity contribution is 7.12. The van der Waals surface area contributed by atoms with Crippen molar-refractivity contribution in [1.82, 2.24) is 5.32 Å². The van der Waals surface area contributed by atoms with Crippen LogP contribution in [0.5, 0.6) is 0 Å². The third-order valence-electron chi connectivity index (χ3n) is 3.04. The fraction of sp³-hybridized carbons (Fsp3) is 0.583. The Kier molecular flexibility index (Phi) is 5.95. The Hall–Kier alpha value is -0.0400. The number of nitrogens with one attached hydrogen (secondary N) is 1. The van der Waals surface area contributed by atoms with Gasteiger partial charge in [-0.15, -0.1) is 11.3 Å². The molecule has 20 heavy (non-hydrogen) atoms. The molecule has 0 unspecified atom stereocenters. The average molecular weight is 359 g/mol. The van der Waals surface area contributed by atoms with E-state index in [4.69, 9.17) is 39.5 Å². The topological polar surface area (TPSA) is 54.9 Å². The van der Waals surface area contributed by atoms with Crippen LogP contribution in [0.4, 0.5) is 0 Å². The van der Waals surface area contributed by atoms with Gasteiger partial charge in [0.2, 0.25) is 6.17 Å². The first kappa shape index (κ1) is 16.3. The summed E-state index contributed by atoms with van der Waals surface area (Å²) >= 11 is 19.2. The summed E-state index contributed by atoms with van der Waals surface area (Å²) in [5, 5.41) is 6.39. The van der Waals surface area contributed by atoms with Gasteiger partial charge in [-0.25, -0.2) is 0 Å². The van der Waals surface area contributed by atoms with E-state index >= 15 is 0 Å². The van der Waals surface area contributed by atoms with Gasteiger partial charge >= 0.3 is 0 Å². The average Bonchev–Trinajstić information content (AvgIpc) is 3.04. The first-order valence-electron chi connectivity index (χ1n) is 6.33. The normalized spacial score (nSPS) is 20.9. The lowest BCUT2D eigenvalue weighted by molar-refractivity contribution is -0.697. The summed E-state index contributed by atoms with van der Waals surface area (Å²) in [6, 6.07) is 3.54. The number of rotatable bonds is 5. The summed E-state index contributed by atoms with van der Waals surface area (Å²) < 4.78 is 3.94. The zero-order valence-electron chi connectivity index (χ0n) is 10.7. The molecule has 1 aromatic heterocycles. The van der Waals surface area contributed by atoms with Crippen LogP contribution >= 0.6 is 46.1 Å². The van der Waals surface area contributed by atoms with Crippen LogP contribution in [0.2, 0.25) is 0 Å². The number of carbonyl (C=O) groups excluding carboxylic acids is 1. The molecule has 2 heterocycles. The molecule has 0 saturated carbocycles. The zero-order valence-corrected chi connectivity index (χ0v) is 13.7. The number of amides is 1. The first-order valence-corrected chi connectivity index (χ1v) is 8.34. The highest BCUT2D eigenvalue weighted by atomic mass is 35.6. The van der Waals surface area contributed by atoms with Gasteiger partial charge in [0.25, 0.3) is 9.70 Å². The SMILES string of the molecule is O=C(N[C@H]([NH2+]C[C@@H]1CCCO1)C(Cl)(Cl)Cl)c1cccs1. The van der Waals surface area contributed by atoms with Crippen molar-refractivity contribution in [3.05, 3.63) is 22.4 Å². The number of ether oxygens (including phenoxy) is 1. The van der Waals surface area contributed by atoms with E-state index in [-0.39, 0.29) is 12.0 Å². The summed E-state index contributed by atoms with van der Waals surface area (Å²) in [5.41, 5.74) is 0. The maximum atomic E-state index is 12.0. The molecule has 1 saturated heterocycles. The summed E-state index contributed by atoms with van der Waals surface area (Å²) in [6.45, 7) is 1.43. The maximum Gasteiger partial charge on any atom is 0.265 e. The Balaban J connectivity index is 1.91. The van der Waals surface area contributed by atoms with Crippen LogP contribution in [0.15, 0.2) is 17.5 Å². The lowest BCUT2D eigenvalue weighted by Crippen LogP contribution is -2.97. The summed E-state index contributed by atoms with van der Waals surface area (Å²) in [6.07, 6.45) is 1.57. The molecule has 2 rings (SSSR count). The minimum atomic E-state index is -1.58. The first-order chi connectivity index (χ1) is 9.47. The van der Waals surface area contributed by atoms with E-state index < -0.39 is 9.96 Å². The second kappa shape index (κ2) is 7.29. The van der Waals surface area contributed by atoms with Crippen LogP contribution in [-0.2, 0) is 4.74 Å². The molecule has 112 valence electrons. The molecule has 8 heteroatoms. The van der Waals surface area contributed by atoms with Crippen molar-refractivity contribution in [2.24, 2.45) is 0 Å². The van der Waals surface area contributed by atoms with Gasteiger partial charge < -0.3 is 10.1 Å². The van der Waals surface area contributed by atoms with Crippen molar-refractivity contribution < 1.29 is 14.8 Å². The van der Waals surface area contributed by atoms with E-state index in [1.807, 2.05) is 10.7 Å². The molecule has 1 aromatic rings. The quantitative estimate of drug-likeness (QED) is 0.624. The number of quaternary nitrogens is 1. The second-order valence-electron chi connectivity index (χ2n) is 4.58. The van der Waals surface area contributed by atoms with Crippen molar-refractivity contribution in [2.45, 2.75) is 28.9 Å². The molecular formula is C12H16Cl3N2O2S+. The van der Waals surface area contributed by atoms with E-state index in [1.54, 1.807) is 12.1 Å². The molecule has 2 atom stereocenters. The molecule has 0 bridgehead atoms. The molecule has 0 radical (unpaired) electrons. The smallest absolute Gasteiger partial charge is 0.265 e. The highest BCUT2D eigenvalue weighted by Crippen LogP contribution is 2.27. The van der Waals surface area contributed by atoms with Gasteiger partial charge in [0.15, 0.2) is 0 Å². The van der Waals surface area contributed by atoms with Gasteiger partial charge in [0, 0.05) is 6.61 Å². The van der Waals surface area contributed by atoms with Crippen LogP contribution in [0, 0.1) is 0 Å². The van der Waals surface area contributed by atoms with E-state index in [0.29, 0.717) is 11.4 Å². The van der Waals surface area contributed by atoms with Crippen LogP contribution in [-0.4, -0.2) is 35.1 Å². The molecule has 4 nitrogen and oxygen atoms in total. The Labute approximate surface area is 136 Å². The van der Waals surface area contributed by atoms with Crippen LogP contribution in [0.25, 0.3) is 0 Å². The summed E-state index contributed by atoms with van der Waals surface area (Å²) in [4.78, 5) is 12.6. The van der Waals surface area contributed by atoms with Crippen molar-refractivity contribution >= 4 is 52.0 Å². The second-order valence-corrected chi connectivity index (χ2v) is 7.89. The number of alkyl halides is 3. The van der Waals surface area contributed by atoms with Crippen molar-refractivity contribution in [1.29, 1.82) is 0 Å². The van der Waals surface area contributed by atoms with Gasteiger partial charge in [-0.2, -0.15) is 0 Å². The third kappa shape index (κ3) is 4.76. The molecule has 1 aliphatic heterocycles. The van der Waals surface area contributed by atoms with Gasteiger partial charge in [0.05, 0.1) is 4.88 Å². The Morgan fingerprint density at radius 1 is 1.60 bits per heavy atom. The van der Waals surface area contributed by atoms with E-state index in [1.165, 1.54) is 11.3 Å². The van der Waals surface area contributed by atoms with E-state index in [0.717, 1.165) is 19.4 Å². The summed E-state index contributed by atoms with van der Waals surface area (Å²) in [7, 11) is 0. The number of thiophene rings is 1. The molecule has 1 aliphatic rings. The molecular weight excluding hydrogens is 343 g/mol. The van der Waals surface area contributed by atoms with Crippen molar-refractivity contribution in [3.8, 4) is 0 Å². The number of halogens is 3. The van der Waals surface area contributed by atoms with Gasteiger partial charge in [-0.1, -0.05) is 40.9 Å². The van der Waals surface area contributed by atoms with Crippen molar-refractivity contribution in [2.75, 3.05) is 13.2 Å².